The van der Waals surface area contributed by atoms with Crippen LogP contribution in [0.25, 0.3) is 6.08 Å². The first-order chi connectivity index (χ1) is 9.10. The Labute approximate surface area is 116 Å². The quantitative estimate of drug-likeness (QED) is 0.859. The van der Waals surface area contributed by atoms with Crippen molar-refractivity contribution in [2.24, 2.45) is 0 Å². The molecule has 1 N–H and O–H groups in total. The van der Waals surface area contributed by atoms with E-state index in [0.717, 1.165) is 29.5 Å². The Balaban J connectivity index is 2.27. The van der Waals surface area contributed by atoms with Gasteiger partial charge in [0.2, 0.25) is 0 Å². The average molecular weight is 277 g/mol. The van der Waals surface area contributed by atoms with Crippen molar-refractivity contribution in [1.29, 1.82) is 0 Å². The molecule has 0 saturated carbocycles. The molecule has 0 radical (unpaired) electrons. The molecular formula is C14H15NO3S. The van der Waals surface area contributed by atoms with Crippen LogP contribution in [0.3, 0.4) is 0 Å². The second kappa shape index (κ2) is 5.93. The van der Waals surface area contributed by atoms with Crippen molar-refractivity contribution >= 4 is 29.0 Å². The molecule has 1 aromatic carbocycles. The smallest absolute Gasteiger partial charge is 0.290 e. The fourth-order valence-electron chi connectivity index (χ4n) is 1.57. The number of nitrogens with one attached hydrogen (secondary N) is 1. The van der Waals surface area contributed by atoms with E-state index in [1.807, 2.05) is 38.1 Å². The summed E-state index contributed by atoms with van der Waals surface area (Å²) in [5.41, 5.74) is 0.801. The van der Waals surface area contributed by atoms with Gasteiger partial charge in [0.1, 0.15) is 5.75 Å². The highest BCUT2D eigenvalue weighted by Crippen LogP contribution is 2.29. The zero-order chi connectivity index (χ0) is 13.8. The summed E-state index contributed by atoms with van der Waals surface area (Å²) >= 11 is 0.908. The molecule has 4 nitrogen and oxygen atoms in total. The van der Waals surface area contributed by atoms with Gasteiger partial charge in [0, 0.05) is 5.56 Å². The Morgan fingerprint density at radius 2 is 2.11 bits per heavy atom. The number of carbonyl (C=O) groups excluding carboxylic acids is 2. The van der Waals surface area contributed by atoms with Crippen molar-refractivity contribution in [2.45, 2.75) is 26.4 Å². The Morgan fingerprint density at radius 1 is 1.37 bits per heavy atom. The number of hydrogen-bond donors (Lipinski definition) is 1. The van der Waals surface area contributed by atoms with Crippen molar-refractivity contribution in [3.8, 4) is 5.75 Å². The Bertz CT molecular complexity index is 539. The number of rotatable bonds is 4. The topological polar surface area (TPSA) is 55.4 Å². The second-order valence-corrected chi connectivity index (χ2v) is 5.24. The number of thioether (sulfide) groups is 1. The molecule has 100 valence electrons. The van der Waals surface area contributed by atoms with E-state index in [1.54, 1.807) is 6.08 Å². The van der Waals surface area contributed by atoms with Crippen LogP contribution in [0, 0.1) is 0 Å². The summed E-state index contributed by atoms with van der Waals surface area (Å²) in [5, 5.41) is 1.90. The molecular weight excluding hydrogens is 262 g/mol. The van der Waals surface area contributed by atoms with E-state index in [0.29, 0.717) is 4.91 Å². The Morgan fingerprint density at radius 3 is 2.74 bits per heavy atom. The summed E-state index contributed by atoms with van der Waals surface area (Å²) in [4.78, 5) is 23.0. The van der Waals surface area contributed by atoms with Gasteiger partial charge in [-0.05, 0) is 37.2 Å². The van der Waals surface area contributed by atoms with Crippen molar-refractivity contribution in [1.82, 2.24) is 5.32 Å². The number of benzene rings is 1. The van der Waals surface area contributed by atoms with Gasteiger partial charge in [-0.3, -0.25) is 14.9 Å². The lowest BCUT2D eigenvalue weighted by atomic mass is 10.1. The average Bonchev–Trinajstić information content (AvgIpc) is 2.70. The molecule has 1 aliphatic rings. The number of hydrogen-bond acceptors (Lipinski definition) is 4. The van der Waals surface area contributed by atoms with E-state index >= 15 is 0 Å². The van der Waals surface area contributed by atoms with E-state index in [2.05, 4.69) is 5.32 Å². The van der Waals surface area contributed by atoms with E-state index in [-0.39, 0.29) is 17.3 Å². The van der Waals surface area contributed by atoms with Gasteiger partial charge in [-0.2, -0.15) is 0 Å². The summed E-state index contributed by atoms with van der Waals surface area (Å²) in [6.07, 6.45) is 2.69. The van der Waals surface area contributed by atoms with Crippen molar-refractivity contribution in [2.75, 3.05) is 0 Å². The van der Waals surface area contributed by atoms with Gasteiger partial charge in [0.15, 0.2) is 0 Å². The van der Waals surface area contributed by atoms with Crippen LogP contribution in [0.1, 0.15) is 25.8 Å². The van der Waals surface area contributed by atoms with E-state index in [4.69, 9.17) is 4.74 Å². The molecule has 1 aliphatic heterocycles. The zero-order valence-electron chi connectivity index (χ0n) is 10.8. The van der Waals surface area contributed by atoms with E-state index in [9.17, 15) is 9.59 Å². The third kappa shape index (κ3) is 3.38. The van der Waals surface area contributed by atoms with Crippen LogP contribution in [0.5, 0.6) is 5.75 Å². The minimum atomic E-state index is -0.353. The summed E-state index contributed by atoms with van der Waals surface area (Å²) in [6.45, 7) is 4.04. The van der Waals surface area contributed by atoms with Gasteiger partial charge >= 0.3 is 0 Å². The molecule has 2 amide bonds. The lowest BCUT2D eigenvalue weighted by Crippen LogP contribution is -2.17. The van der Waals surface area contributed by atoms with Crippen molar-refractivity contribution in [3.05, 3.63) is 34.7 Å². The van der Waals surface area contributed by atoms with Gasteiger partial charge in [-0.15, -0.1) is 0 Å². The fourth-order valence-corrected chi connectivity index (χ4v) is 2.24. The molecule has 1 atom stereocenters. The van der Waals surface area contributed by atoms with Crippen LogP contribution in [-0.4, -0.2) is 17.3 Å². The third-order valence-corrected chi connectivity index (χ3v) is 3.56. The van der Waals surface area contributed by atoms with Crippen molar-refractivity contribution in [3.63, 3.8) is 0 Å². The van der Waals surface area contributed by atoms with Gasteiger partial charge in [0.05, 0.1) is 11.0 Å². The van der Waals surface area contributed by atoms with Crippen LogP contribution < -0.4 is 10.1 Å². The first-order valence-electron chi connectivity index (χ1n) is 6.10. The summed E-state index contributed by atoms with van der Waals surface area (Å²) in [5.74, 6) is 0.366. The lowest BCUT2D eigenvalue weighted by molar-refractivity contribution is -0.115. The molecule has 1 fully saturated rings. The monoisotopic (exact) mass is 277 g/mol. The molecule has 2 rings (SSSR count). The molecule has 0 aliphatic carbocycles. The van der Waals surface area contributed by atoms with E-state index < -0.39 is 0 Å². The molecule has 0 spiro atoms. The summed E-state index contributed by atoms with van der Waals surface area (Å²) < 4.78 is 5.80. The number of carbonyl (C=O) groups is 2. The molecule has 0 unspecified atom stereocenters. The molecule has 19 heavy (non-hydrogen) atoms. The predicted molar refractivity (Wildman–Crippen MR) is 75.9 cm³/mol. The van der Waals surface area contributed by atoms with Crippen LogP contribution in [0.4, 0.5) is 4.79 Å². The highest BCUT2D eigenvalue weighted by atomic mass is 32.2. The molecule has 1 heterocycles. The molecule has 0 aromatic heterocycles. The van der Waals surface area contributed by atoms with Gasteiger partial charge in [-0.25, -0.2) is 0 Å². The molecule has 1 aromatic rings. The maximum absolute atomic E-state index is 11.5. The molecule has 0 bridgehead atoms. The van der Waals surface area contributed by atoms with Crippen LogP contribution in [0.2, 0.25) is 0 Å². The fraction of sp³-hybridized carbons (Fsp3) is 0.286. The Kier molecular flexibility index (Phi) is 4.27. The van der Waals surface area contributed by atoms with Crippen molar-refractivity contribution < 1.29 is 14.3 Å². The first-order valence-corrected chi connectivity index (χ1v) is 6.92. The maximum atomic E-state index is 11.5. The number of imide groups is 1. The predicted octanol–water partition coefficient (Wildman–Crippen LogP) is 3.19. The van der Waals surface area contributed by atoms with Crippen LogP contribution in [0.15, 0.2) is 29.2 Å². The van der Waals surface area contributed by atoms with Crippen LogP contribution in [-0.2, 0) is 4.79 Å². The van der Waals surface area contributed by atoms with Gasteiger partial charge < -0.3 is 4.74 Å². The molecule has 1 saturated heterocycles. The van der Waals surface area contributed by atoms with E-state index in [1.165, 1.54) is 0 Å². The standard InChI is InChI=1S/C14H15NO3S/c1-3-9(2)18-11-7-5-4-6-10(11)8-12-13(16)15-14(17)19-12/h4-9H,3H2,1-2H3,(H,15,16,17)/b12-8-/t9-/m0/s1. The number of ether oxygens (including phenoxy) is 1. The summed E-state index contributed by atoms with van der Waals surface area (Å²) in [6, 6.07) is 7.47. The third-order valence-electron chi connectivity index (χ3n) is 2.75. The lowest BCUT2D eigenvalue weighted by Gasteiger charge is -2.14. The minimum Gasteiger partial charge on any atom is -0.490 e. The SMILES string of the molecule is CC[C@H](C)Oc1ccccc1/C=C1\SC(=O)NC1=O. The number of amides is 2. The highest BCUT2D eigenvalue weighted by Gasteiger charge is 2.25. The highest BCUT2D eigenvalue weighted by molar-refractivity contribution is 8.18. The zero-order valence-corrected chi connectivity index (χ0v) is 11.6. The molecule has 5 heteroatoms. The largest absolute Gasteiger partial charge is 0.490 e. The van der Waals surface area contributed by atoms with Crippen LogP contribution >= 0.6 is 11.8 Å². The van der Waals surface area contributed by atoms with Gasteiger partial charge in [-0.1, -0.05) is 25.1 Å². The summed E-state index contributed by atoms with van der Waals surface area (Å²) in [7, 11) is 0. The minimum absolute atomic E-state index is 0.103. The first kappa shape index (κ1) is 13.7. The second-order valence-electron chi connectivity index (χ2n) is 4.23. The number of para-hydroxylation sites is 1. The maximum Gasteiger partial charge on any atom is 0.290 e. The normalized spacial score (nSPS) is 18.5. The Hall–Kier alpha value is -1.75. The van der Waals surface area contributed by atoms with Gasteiger partial charge in [0.25, 0.3) is 11.1 Å².